The van der Waals surface area contributed by atoms with Crippen LogP contribution in [0.3, 0.4) is 0 Å². The maximum absolute atomic E-state index is 9.90. The predicted octanol–water partition coefficient (Wildman–Crippen LogP) is -2.73. The Labute approximate surface area is 121 Å². The van der Waals surface area contributed by atoms with Crippen LogP contribution in [0.1, 0.15) is 13.8 Å². The number of rotatable bonds is 7. The molecule has 5 N–H and O–H groups in total. The third kappa shape index (κ3) is 3.89. The summed E-state index contributed by atoms with van der Waals surface area (Å²) in [6.07, 6.45) is -8.92. The SMILES string of the molecule is CC(OC(C)[C@@H](O)C(O)CO)OC1C(O)[C@H]2OC2O[C@H]1O. The second-order valence-corrected chi connectivity index (χ2v) is 5.24. The molecule has 0 aromatic carbocycles. The molecule has 2 fully saturated rings. The molecule has 0 bridgehead atoms. The van der Waals surface area contributed by atoms with E-state index in [1.807, 2.05) is 0 Å². The standard InChI is InChI=1S/C12H22O9/c1-4(7(15)6(14)3-13)18-5(2)19-9-8(16)10-12(20-10)21-11(9)17/h4-17H,3H2,1-2H3/t4?,5?,6?,7-,8?,9?,10-,11-,12?/m1/s1. The molecule has 9 nitrogen and oxygen atoms in total. The monoisotopic (exact) mass is 310 g/mol. The fourth-order valence-corrected chi connectivity index (χ4v) is 2.24. The van der Waals surface area contributed by atoms with Crippen molar-refractivity contribution in [2.24, 2.45) is 0 Å². The van der Waals surface area contributed by atoms with Crippen LogP contribution >= 0.6 is 0 Å². The Morgan fingerprint density at radius 2 is 1.81 bits per heavy atom. The summed E-state index contributed by atoms with van der Waals surface area (Å²) >= 11 is 0. The Morgan fingerprint density at radius 1 is 1.14 bits per heavy atom. The molecule has 2 aliphatic rings. The third-order valence-electron chi connectivity index (χ3n) is 3.53. The van der Waals surface area contributed by atoms with Crippen LogP contribution in [0.5, 0.6) is 0 Å². The smallest absolute Gasteiger partial charge is 0.190 e. The number of fused-ring (bicyclic) bond motifs is 1. The van der Waals surface area contributed by atoms with Crippen molar-refractivity contribution in [3.63, 3.8) is 0 Å². The lowest BCUT2D eigenvalue weighted by Crippen LogP contribution is -2.51. The van der Waals surface area contributed by atoms with Gasteiger partial charge in [-0.25, -0.2) is 0 Å². The Bertz CT molecular complexity index is 341. The van der Waals surface area contributed by atoms with Gasteiger partial charge in [-0.3, -0.25) is 0 Å². The molecule has 0 aliphatic carbocycles. The summed E-state index contributed by atoms with van der Waals surface area (Å²) in [5.74, 6) is 0. The van der Waals surface area contributed by atoms with E-state index in [1.54, 1.807) is 0 Å². The van der Waals surface area contributed by atoms with Crippen LogP contribution in [0.4, 0.5) is 0 Å². The van der Waals surface area contributed by atoms with E-state index in [0.717, 1.165) is 0 Å². The largest absolute Gasteiger partial charge is 0.394 e. The van der Waals surface area contributed by atoms with Gasteiger partial charge in [-0.15, -0.1) is 0 Å². The van der Waals surface area contributed by atoms with Crippen molar-refractivity contribution in [2.45, 2.75) is 69.3 Å². The van der Waals surface area contributed by atoms with E-state index in [1.165, 1.54) is 13.8 Å². The van der Waals surface area contributed by atoms with Crippen molar-refractivity contribution < 1.29 is 44.5 Å². The molecule has 2 saturated heterocycles. The summed E-state index contributed by atoms with van der Waals surface area (Å²) in [6, 6.07) is 0. The fraction of sp³-hybridized carbons (Fsp3) is 1.00. The van der Waals surface area contributed by atoms with Gasteiger partial charge in [0.25, 0.3) is 0 Å². The van der Waals surface area contributed by atoms with Gasteiger partial charge in [0.2, 0.25) is 0 Å². The molecule has 2 rings (SSSR count). The summed E-state index contributed by atoms with van der Waals surface area (Å²) in [5.41, 5.74) is 0. The number of epoxide rings is 1. The molecule has 21 heavy (non-hydrogen) atoms. The van der Waals surface area contributed by atoms with Crippen LogP contribution in [-0.2, 0) is 18.9 Å². The molecular formula is C12H22O9. The van der Waals surface area contributed by atoms with Crippen LogP contribution in [0.25, 0.3) is 0 Å². The lowest BCUT2D eigenvalue weighted by atomic mass is 10.1. The van der Waals surface area contributed by atoms with E-state index in [2.05, 4.69) is 0 Å². The molecule has 2 heterocycles. The number of aliphatic hydroxyl groups excluding tert-OH is 5. The minimum Gasteiger partial charge on any atom is -0.394 e. The molecule has 9 atom stereocenters. The van der Waals surface area contributed by atoms with Gasteiger partial charge in [-0.2, -0.15) is 0 Å². The van der Waals surface area contributed by atoms with Gasteiger partial charge in [0.05, 0.1) is 12.7 Å². The van der Waals surface area contributed by atoms with E-state index >= 15 is 0 Å². The summed E-state index contributed by atoms with van der Waals surface area (Å²) < 4.78 is 20.7. The van der Waals surface area contributed by atoms with Gasteiger partial charge >= 0.3 is 0 Å². The van der Waals surface area contributed by atoms with Gasteiger partial charge in [-0.1, -0.05) is 0 Å². The fourth-order valence-electron chi connectivity index (χ4n) is 2.24. The summed E-state index contributed by atoms with van der Waals surface area (Å²) in [7, 11) is 0. The Kier molecular flexibility index (Phi) is 5.52. The first kappa shape index (κ1) is 17.0. The van der Waals surface area contributed by atoms with E-state index < -0.39 is 62.1 Å². The first-order chi connectivity index (χ1) is 9.85. The van der Waals surface area contributed by atoms with E-state index in [9.17, 15) is 20.4 Å². The van der Waals surface area contributed by atoms with Gasteiger partial charge in [0.1, 0.15) is 30.5 Å². The number of hydrogen-bond acceptors (Lipinski definition) is 9. The highest BCUT2D eigenvalue weighted by Gasteiger charge is 2.57. The predicted molar refractivity (Wildman–Crippen MR) is 65.7 cm³/mol. The van der Waals surface area contributed by atoms with E-state index in [4.69, 9.17) is 24.1 Å². The zero-order valence-electron chi connectivity index (χ0n) is 11.8. The Morgan fingerprint density at radius 3 is 2.43 bits per heavy atom. The second kappa shape index (κ2) is 6.82. The molecule has 0 radical (unpaired) electrons. The van der Waals surface area contributed by atoms with Crippen LogP contribution < -0.4 is 0 Å². The molecule has 0 spiro atoms. The molecule has 0 amide bonds. The molecule has 0 aromatic heterocycles. The van der Waals surface area contributed by atoms with Crippen molar-refractivity contribution in [1.82, 2.24) is 0 Å². The molecule has 6 unspecified atom stereocenters. The van der Waals surface area contributed by atoms with E-state index in [-0.39, 0.29) is 0 Å². The van der Waals surface area contributed by atoms with Crippen LogP contribution in [0.2, 0.25) is 0 Å². The highest BCUT2D eigenvalue weighted by molar-refractivity contribution is 4.95. The summed E-state index contributed by atoms with van der Waals surface area (Å²) in [4.78, 5) is 0. The zero-order chi connectivity index (χ0) is 15.7. The summed E-state index contributed by atoms with van der Waals surface area (Å²) in [5, 5.41) is 47.3. The van der Waals surface area contributed by atoms with Crippen molar-refractivity contribution in [2.75, 3.05) is 6.61 Å². The van der Waals surface area contributed by atoms with Crippen molar-refractivity contribution in [3.05, 3.63) is 0 Å². The maximum Gasteiger partial charge on any atom is 0.190 e. The Balaban J connectivity index is 1.82. The van der Waals surface area contributed by atoms with Crippen molar-refractivity contribution in [1.29, 1.82) is 0 Å². The first-order valence-electron chi connectivity index (χ1n) is 6.80. The van der Waals surface area contributed by atoms with Gasteiger partial charge in [0.15, 0.2) is 18.9 Å². The number of aliphatic hydroxyl groups is 5. The topological polar surface area (TPSA) is 141 Å². The van der Waals surface area contributed by atoms with Gasteiger partial charge < -0.3 is 44.5 Å². The minimum absolute atomic E-state index is 0.523. The normalized spacial score (nSPS) is 41.0. The summed E-state index contributed by atoms with van der Waals surface area (Å²) in [6.45, 7) is 2.40. The highest BCUT2D eigenvalue weighted by atomic mass is 16.8. The number of ether oxygens (including phenoxy) is 4. The van der Waals surface area contributed by atoms with Crippen LogP contribution in [0.15, 0.2) is 0 Å². The molecule has 2 aliphatic heterocycles. The van der Waals surface area contributed by atoms with Gasteiger partial charge in [0, 0.05) is 0 Å². The van der Waals surface area contributed by atoms with Gasteiger partial charge in [-0.05, 0) is 13.8 Å². The highest BCUT2D eigenvalue weighted by Crippen LogP contribution is 2.36. The van der Waals surface area contributed by atoms with E-state index in [0.29, 0.717) is 0 Å². The molecule has 9 heteroatoms. The lowest BCUT2D eigenvalue weighted by molar-refractivity contribution is -0.288. The average molecular weight is 310 g/mol. The number of hydrogen-bond donors (Lipinski definition) is 5. The quantitative estimate of drug-likeness (QED) is 0.250. The second-order valence-electron chi connectivity index (χ2n) is 5.24. The van der Waals surface area contributed by atoms with Crippen LogP contribution in [-0.4, -0.2) is 87.6 Å². The molecule has 124 valence electrons. The molecule has 0 saturated carbocycles. The Hall–Kier alpha value is -0.360. The third-order valence-corrected chi connectivity index (χ3v) is 3.53. The molecular weight excluding hydrogens is 288 g/mol. The van der Waals surface area contributed by atoms with Crippen molar-refractivity contribution >= 4 is 0 Å². The lowest BCUT2D eigenvalue weighted by Gasteiger charge is -2.33. The first-order valence-corrected chi connectivity index (χ1v) is 6.80. The molecule has 0 aromatic rings. The average Bonchev–Trinajstić information content (AvgIpc) is 3.20. The zero-order valence-corrected chi connectivity index (χ0v) is 11.8. The minimum atomic E-state index is -1.35. The van der Waals surface area contributed by atoms with Crippen molar-refractivity contribution in [3.8, 4) is 0 Å². The van der Waals surface area contributed by atoms with Crippen LogP contribution in [0, 0.1) is 0 Å². The maximum atomic E-state index is 9.90.